The third-order valence-electron chi connectivity index (χ3n) is 4.37. The highest BCUT2D eigenvalue weighted by Gasteiger charge is 2.31. The van der Waals surface area contributed by atoms with E-state index in [9.17, 15) is 4.39 Å². The molecule has 2 heterocycles. The molecule has 1 aliphatic heterocycles. The molecule has 0 radical (unpaired) electrons. The number of benzene rings is 1. The van der Waals surface area contributed by atoms with Crippen LogP contribution in [-0.4, -0.2) is 29.6 Å². The predicted molar refractivity (Wildman–Crippen MR) is 100 cm³/mol. The standard InChI is InChI=1S/C19H20FN5O/c1-5-15-13-10-14(20)16(26-4)9-12(13)11-25(15)17-7-8-23-19(24-17)18(21-3)22-6-2/h6-10,15H,2-3,5,11H2,1,4H3. The van der Waals surface area contributed by atoms with Crippen molar-refractivity contribution < 1.29 is 9.13 Å². The summed E-state index contributed by atoms with van der Waals surface area (Å²) in [6.07, 6.45) is 3.83. The molecule has 6 nitrogen and oxygen atoms in total. The summed E-state index contributed by atoms with van der Waals surface area (Å²) >= 11 is 0. The number of halogens is 1. The highest BCUT2D eigenvalue weighted by atomic mass is 19.1. The van der Waals surface area contributed by atoms with Crippen molar-refractivity contribution in [3.05, 3.63) is 59.9 Å². The Balaban J connectivity index is 2.01. The Hall–Kier alpha value is -3.09. The first kappa shape index (κ1) is 17.7. The van der Waals surface area contributed by atoms with Gasteiger partial charge in [-0.2, -0.15) is 0 Å². The highest BCUT2D eigenvalue weighted by Crippen LogP contribution is 2.40. The Kier molecular flexibility index (Phi) is 5.06. The molecule has 1 aromatic heterocycles. The van der Waals surface area contributed by atoms with Gasteiger partial charge in [-0.05, 0) is 42.5 Å². The van der Waals surface area contributed by atoms with E-state index in [4.69, 9.17) is 4.74 Å². The van der Waals surface area contributed by atoms with Gasteiger partial charge in [-0.3, -0.25) is 0 Å². The van der Waals surface area contributed by atoms with Gasteiger partial charge in [0.05, 0.1) is 13.2 Å². The number of aromatic nitrogens is 2. The SMILES string of the molecule is C=CN=C(N=C)c1nccc(N2Cc3cc(OC)c(F)cc3C2CC)n1. The lowest BCUT2D eigenvalue weighted by molar-refractivity contribution is 0.385. The molecule has 7 heteroatoms. The molecule has 0 spiro atoms. The Morgan fingerprint density at radius 3 is 2.96 bits per heavy atom. The Morgan fingerprint density at radius 1 is 1.50 bits per heavy atom. The van der Waals surface area contributed by atoms with Crippen molar-refractivity contribution in [3.8, 4) is 5.75 Å². The normalized spacial score (nSPS) is 16.3. The largest absolute Gasteiger partial charge is 0.494 e. The lowest BCUT2D eigenvalue weighted by Gasteiger charge is -2.25. The number of ether oxygens (including phenoxy) is 1. The van der Waals surface area contributed by atoms with Crippen LogP contribution in [0, 0.1) is 5.82 Å². The number of anilines is 1. The number of nitrogens with zero attached hydrogens (tertiary/aromatic N) is 5. The number of rotatable bonds is 5. The van der Waals surface area contributed by atoms with Crippen molar-refractivity contribution in [2.24, 2.45) is 9.98 Å². The van der Waals surface area contributed by atoms with Crippen LogP contribution in [0.3, 0.4) is 0 Å². The fourth-order valence-electron chi connectivity index (χ4n) is 3.23. The zero-order valence-corrected chi connectivity index (χ0v) is 14.8. The number of aliphatic imine (C=N–C) groups is 2. The van der Waals surface area contributed by atoms with Crippen LogP contribution in [-0.2, 0) is 6.54 Å². The molecule has 134 valence electrons. The van der Waals surface area contributed by atoms with Gasteiger partial charge in [0.2, 0.25) is 0 Å². The molecule has 0 amide bonds. The number of methoxy groups -OCH3 is 1. The summed E-state index contributed by atoms with van der Waals surface area (Å²) in [5, 5.41) is 0. The molecule has 3 rings (SSSR count). The summed E-state index contributed by atoms with van der Waals surface area (Å²) in [7, 11) is 1.47. The number of amidine groups is 1. The molecule has 1 aromatic carbocycles. The maximum Gasteiger partial charge on any atom is 0.199 e. The third kappa shape index (κ3) is 3.08. The predicted octanol–water partition coefficient (Wildman–Crippen LogP) is 3.69. The fraction of sp³-hybridized carbons (Fsp3) is 0.263. The molecular formula is C19H20FN5O. The van der Waals surface area contributed by atoms with E-state index in [-0.39, 0.29) is 17.6 Å². The van der Waals surface area contributed by atoms with Crippen LogP contribution in [0.5, 0.6) is 5.75 Å². The lowest BCUT2D eigenvalue weighted by atomic mass is 10.0. The van der Waals surface area contributed by atoms with E-state index in [1.165, 1.54) is 13.3 Å². The van der Waals surface area contributed by atoms with Crippen molar-refractivity contribution in [2.75, 3.05) is 12.0 Å². The smallest absolute Gasteiger partial charge is 0.199 e. The summed E-state index contributed by atoms with van der Waals surface area (Å²) in [5.74, 6) is 1.29. The van der Waals surface area contributed by atoms with Gasteiger partial charge in [-0.25, -0.2) is 24.3 Å². The summed E-state index contributed by atoms with van der Waals surface area (Å²) in [5.41, 5.74) is 1.98. The second kappa shape index (κ2) is 7.43. The van der Waals surface area contributed by atoms with Gasteiger partial charge < -0.3 is 9.64 Å². The zero-order valence-electron chi connectivity index (χ0n) is 14.8. The maximum atomic E-state index is 14.2. The van der Waals surface area contributed by atoms with Crippen molar-refractivity contribution >= 4 is 18.4 Å². The first-order valence-corrected chi connectivity index (χ1v) is 8.24. The van der Waals surface area contributed by atoms with Crippen molar-refractivity contribution in [3.63, 3.8) is 0 Å². The van der Waals surface area contributed by atoms with Crippen LogP contribution in [0.1, 0.15) is 36.3 Å². The van der Waals surface area contributed by atoms with E-state index >= 15 is 0 Å². The zero-order chi connectivity index (χ0) is 18.7. The molecule has 2 aromatic rings. The summed E-state index contributed by atoms with van der Waals surface area (Å²) in [6.45, 7) is 9.73. The second-order valence-electron chi connectivity index (χ2n) is 5.77. The monoisotopic (exact) mass is 353 g/mol. The molecule has 0 aliphatic carbocycles. The Morgan fingerprint density at radius 2 is 2.31 bits per heavy atom. The van der Waals surface area contributed by atoms with Crippen LogP contribution in [0.15, 0.2) is 47.2 Å². The maximum absolute atomic E-state index is 14.2. The van der Waals surface area contributed by atoms with Gasteiger partial charge >= 0.3 is 0 Å². The number of hydrogen-bond acceptors (Lipinski definition) is 5. The minimum absolute atomic E-state index is 0.0182. The lowest BCUT2D eigenvalue weighted by Crippen LogP contribution is -2.23. The topological polar surface area (TPSA) is 63.0 Å². The molecule has 0 N–H and O–H groups in total. The van der Waals surface area contributed by atoms with E-state index in [1.54, 1.807) is 18.3 Å². The van der Waals surface area contributed by atoms with E-state index < -0.39 is 0 Å². The van der Waals surface area contributed by atoms with E-state index in [1.807, 2.05) is 6.07 Å². The van der Waals surface area contributed by atoms with E-state index in [2.05, 4.69) is 45.1 Å². The minimum Gasteiger partial charge on any atom is -0.494 e. The van der Waals surface area contributed by atoms with Crippen LogP contribution in [0.25, 0.3) is 0 Å². The average molecular weight is 353 g/mol. The molecule has 0 bridgehead atoms. The third-order valence-corrected chi connectivity index (χ3v) is 4.37. The minimum atomic E-state index is -0.355. The quantitative estimate of drug-likeness (QED) is 0.607. The first-order chi connectivity index (χ1) is 12.6. The number of hydrogen-bond donors (Lipinski definition) is 0. The van der Waals surface area contributed by atoms with E-state index in [0.29, 0.717) is 18.2 Å². The van der Waals surface area contributed by atoms with Gasteiger partial charge in [-0.15, -0.1) is 0 Å². The molecule has 1 atom stereocenters. The van der Waals surface area contributed by atoms with Gasteiger partial charge in [0.1, 0.15) is 5.82 Å². The van der Waals surface area contributed by atoms with Crippen LogP contribution in [0.2, 0.25) is 0 Å². The van der Waals surface area contributed by atoms with Crippen LogP contribution in [0.4, 0.5) is 10.2 Å². The van der Waals surface area contributed by atoms with Crippen LogP contribution < -0.4 is 9.64 Å². The molecular weight excluding hydrogens is 333 g/mol. The van der Waals surface area contributed by atoms with Gasteiger partial charge in [-0.1, -0.05) is 13.5 Å². The summed E-state index contributed by atoms with van der Waals surface area (Å²) < 4.78 is 19.3. The number of fused-ring (bicyclic) bond motifs is 1. The summed E-state index contributed by atoms with van der Waals surface area (Å²) in [4.78, 5) is 18.8. The summed E-state index contributed by atoms with van der Waals surface area (Å²) in [6, 6.07) is 5.15. The van der Waals surface area contributed by atoms with Gasteiger partial charge in [0, 0.05) is 18.9 Å². The van der Waals surface area contributed by atoms with Gasteiger partial charge in [0.25, 0.3) is 0 Å². The molecule has 0 saturated carbocycles. The fourth-order valence-corrected chi connectivity index (χ4v) is 3.23. The molecule has 0 fully saturated rings. The molecule has 1 unspecified atom stereocenters. The van der Waals surface area contributed by atoms with Crippen molar-refractivity contribution in [2.45, 2.75) is 25.9 Å². The Bertz CT molecular complexity index is 880. The average Bonchev–Trinajstić information content (AvgIpc) is 3.02. The first-order valence-electron chi connectivity index (χ1n) is 8.24. The second-order valence-corrected chi connectivity index (χ2v) is 5.77. The molecule has 26 heavy (non-hydrogen) atoms. The molecule has 1 aliphatic rings. The molecule has 0 saturated heterocycles. The highest BCUT2D eigenvalue weighted by molar-refractivity contribution is 5.98. The Labute approximate surface area is 151 Å². The van der Waals surface area contributed by atoms with Crippen molar-refractivity contribution in [1.82, 2.24) is 9.97 Å². The van der Waals surface area contributed by atoms with Crippen molar-refractivity contribution in [1.29, 1.82) is 0 Å². The van der Waals surface area contributed by atoms with Gasteiger partial charge in [0.15, 0.2) is 23.2 Å². The van der Waals surface area contributed by atoms with Crippen LogP contribution >= 0.6 is 0 Å². The van der Waals surface area contributed by atoms with E-state index in [0.717, 1.165) is 23.4 Å².